The zero-order valence-corrected chi connectivity index (χ0v) is 9.59. The van der Waals surface area contributed by atoms with Gasteiger partial charge in [0, 0.05) is 25.0 Å². The van der Waals surface area contributed by atoms with Gasteiger partial charge in [-0.05, 0) is 31.1 Å². The predicted molar refractivity (Wildman–Crippen MR) is 57.1 cm³/mol. The van der Waals surface area contributed by atoms with Crippen molar-refractivity contribution in [1.82, 2.24) is 4.90 Å². The molecule has 3 heteroatoms. The first-order valence-electron chi connectivity index (χ1n) is 5.20. The Labute approximate surface area is 88.4 Å². The maximum Gasteiger partial charge on any atom is 0.0564 e. The van der Waals surface area contributed by atoms with Gasteiger partial charge in [-0.2, -0.15) is 0 Å². The minimum Gasteiger partial charge on any atom is -0.393 e. The van der Waals surface area contributed by atoms with Crippen molar-refractivity contribution >= 4 is 15.9 Å². The second-order valence-electron chi connectivity index (χ2n) is 4.64. The third-order valence-electron chi connectivity index (χ3n) is 3.36. The Morgan fingerprint density at radius 3 is 2.38 bits per heavy atom. The van der Waals surface area contributed by atoms with Crippen molar-refractivity contribution in [2.45, 2.75) is 31.8 Å². The zero-order chi connectivity index (χ0) is 9.31. The molecular formula is C10H18BrNO. The van der Waals surface area contributed by atoms with Crippen molar-refractivity contribution in [3.05, 3.63) is 0 Å². The summed E-state index contributed by atoms with van der Waals surface area (Å²) in [6.07, 6.45) is 4.68. The van der Waals surface area contributed by atoms with Crippen LogP contribution in [0.3, 0.4) is 0 Å². The fourth-order valence-electron chi connectivity index (χ4n) is 2.06. The fourth-order valence-corrected chi connectivity index (χ4v) is 2.80. The summed E-state index contributed by atoms with van der Waals surface area (Å²) in [4.78, 5) is 2.51. The van der Waals surface area contributed by atoms with Crippen LogP contribution in [0.1, 0.15) is 25.7 Å². The highest BCUT2D eigenvalue weighted by molar-refractivity contribution is 9.09. The van der Waals surface area contributed by atoms with Crippen LogP contribution in [0.2, 0.25) is 0 Å². The van der Waals surface area contributed by atoms with Crippen molar-refractivity contribution in [3.8, 4) is 0 Å². The SMILES string of the molecule is OC1CCN(CC2(CBr)CC2)CC1. The van der Waals surface area contributed by atoms with Gasteiger partial charge in [-0.15, -0.1) is 0 Å². The first-order valence-corrected chi connectivity index (χ1v) is 6.33. The molecule has 0 radical (unpaired) electrons. The van der Waals surface area contributed by atoms with E-state index in [9.17, 15) is 5.11 Å². The summed E-state index contributed by atoms with van der Waals surface area (Å²) in [5.41, 5.74) is 0.599. The van der Waals surface area contributed by atoms with Gasteiger partial charge < -0.3 is 10.0 Å². The minimum absolute atomic E-state index is 0.0321. The van der Waals surface area contributed by atoms with Gasteiger partial charge in [0.15, 0.2) is 0 Å². The number of piperidine rings is 1. The van der Waals surface area contributed by atoms with E-state index in [2.05, 4.69) is 20.8 Å². The fraction of sp³-hybridized carbons (Fsp3) is 1.00. The third-order valence-corrected chi connectivity index (χ3v) is 4.55. The third kappa shape index (κ3) is 2.45. The highest BCUT2D eigenvalue weighted by Gasteiger charge is 2.42. The van der Waals surface area contributed by atoms with Crippen LogP contribution >= 0.6 is 15.9 Å². The van der Waals surface area contributed by atoms with Gasteiger partial charge in [-0.3, -0.25) is 0 Å². The molecule has 1 aliphatic heterocycles. The lowest BCUT2D eigenvalue weighted by molar-refractivity contribution is 0.0743. The Morgan fingerprint density at radius 1 is 1.31 bits per heavy atom. The lowest BCUT2D eigenvalue weighted by atomic mass is 10.0. The van der Waals surface area contributed by atoms with Crippen LogP contribution in [0.5, 0.6) is 0 Å². The average molecular weight is 248 g/mol. The molecule has 0 aromatic rings. The zero-order valence-electron chi connectivity index (χ0n) is 8.01. The number of alkyl halides is 1. The van der Waals surface area contributed by atoms with Crippen molar-refractivity contribution in [3.63, 3.8) is 0 Å². The molecule has 0 spiro atoms. The monoisotopic (exact) mass is 247 g/mol. The molecule has 1 heterocycles. The van der Waals surface area contributed by atoms with Crippen molar-refractivity contribution in [1.29, 1.82) is 0 Å². The molecule has 13 heavy (non-hydrogen) atoms. The maximum absolute atomic E-state index is 9.36. The molecule has 1 saturated heterocycles. The standard InChI is InChI=1S/C10H18BrNO/c11-7-10(3-4-10)8-12-5-1-9(13)2-6-12/h9,13H,1-8H2. The van der Waals surface area contributed by atoms with E-state index in [-0.39, 0.29) is 6.10 Å². The molecule has 0 amide bonds. The van der Waals surface area contributed by atoms with Crippen LogP contribution in [-0.2, 0) is 0 Å². The Kier molecular flexibility index (Phi) is 2.96. The minimum atomic E-state index is -0.0321. The second kappa shape index (κ2) is 3.87. The number of halogens is 1. The largest absolute Gasteiger partial charge is 0.393 e. The van der Waals surface area contributed by atoms with Crippen molar-refractivity contribution in [2.75, 3.05) is 25.0 Å². The topological polar surface area (TPSA) is 23.5 Å². The Balaban J connectivity index is 1.76. The molecule has 1 saturated carbocycles. The summed E-state index contributed by atoms with van der Waals surface area (Å²) < 4.78 is 0. The van der Waals surface area contributed by atoms with E-state index in [1.807, 2.05) is 0 Å². The van der Waals surface area contributed by atoms with Crippen LogP contribution in [0.25, 0.3) is 0 Å². The van der Waals surface area contributed by atoms with Gasteiger partial charge >= 0.3 is 0 Å². The first-order chi connectivity index (χ1) is 6.24. The van der Waals surface area contributed by atoms with Gasteiger partial charge in [0.1, 0.15) is 0 Å². The van der Waals surface area contributed by atoms with Crippen molar-refractivity contribution < 1.29 is 5.11 Å². The molecule has 0 atom stereocenters. The van der Waals surface area contributed by atoms with Crippen LogP contribution < -0.4 is 0 Å². The summed E-state index contributed by atoms with van der Waals surface area (Å²) >= 11 is 3.60. The van der Waals surface area contributed by atoms with Crippen LogP contribution in [0.4, 0.5) is 0 Å². The van der Waals surface area contributed by atoms with E-state index in [1.54, 1.807) is 0 Å². The average Bonchev–Trinajstić information content (AvgIpc) is 2.90. The van der Waals surface area contributed by atoms with Gasteiger partial charge in [0.05, 0.1) is 6.10 Å². The van der Waals surface area contributed by atoms with E-state index in [0.717, 1.165) is 31.3 Å². The van der Waals surface area contributed by atoms with Crippen LogP contribution in [0, 0.1) is 5.41 Å². The molecule has 2 rings (SSSR count). The van der Waals surface area contributed by atoms with Gasteiger partial charge in [-0.1, -0.05) is 15.9 Å². The molecule has 76 valence electrons. The second-order valence-corrected chi connectivity index (χ2v) is 5.20. The maximum atomic E-state index is 9.36. The number of aliphatic hydroxyl groups is 1. The van der Waals surface area contributed by atoms with Gasteiger partial charge in [-0.25, -0.2) is 0 Å². The number of hydrogen-bond acceptors (Lipinski definition) is 2. The summed E-state index contributed by atoms with van der Waals surface area (Å²) in [6.45, 7) is 3.43. The Hall–Kier alpha value is 0.400. The molecule has 1 N–H and O–H groups in total. The van der Waals surface area contributed by atoms with Gasteiger partial charge in [0.2, 0.25) is 0 Å². The number of likely N-dealkylation sites (tertiary alicyclic amines) is 1. The lowest BCUT2D eigenvalue weighted by Crippen LogP contribution is -2.39. The lowest BCUT2D eigenvalue weighted by Gasteiger charge is -2.32. The van der Waals surface area contributed by atoms with E-state index in [1.165, 1.54) is 19.4 Å². The molecule has 0 aromatic carbocycles. The summed E-state index contributed by atoms with van der Waals surface area (Å²) in [7, 11) is 0. The highest BCUT2D eigenvalue weighted by Crippen LogP contribution is 2.47. The molecule has 2 fully saturated rings. The Bertz CT molecular complexity index is 174. The van der Waals surface area contributed by atoms with E-state index in [4.69, 9.17) is 0 Å². The number of rotatable bonds is 3. The number of nitrogens with zero attached hydrogens (tertiary/aromatic N) is 1. The number of aliphatic hydroxyl groups excluding tert-OH is 1. The molecule has 0 bridgehead atoms. The summed E-state index contributed by atoms with van der Waals surface area (Å²) in [5.74, 6) is 0. The smallest absolute Gasteiger partial charge is 0.0564 e. The first kappa shape index (κ1) is 9.94. The summed E-state index contributed by atoms with van der Waals surface area (Å²) in [6, 6.07) is 0. The molecule has 0 unspecified atom stereocenters. The molecule has 2 aliphatic rings. The number of hydrogen-bond donors (Lipinski definition) is 1. The van der Waals surface area contributed by atoms with E-state index < -0.39 is 0 Å². The molecule has 2 nitrogen and oxygen atoms in total. The van der Waals surface area contributed by atoms with Crippen molar-refractivity contribution in [2.24, 2.45) is 5.41 Å². The van der Waals surface area contributed by atoms with Gasteiger partial charge in [0.25, 0.3) is 0 Å². The summed E-state index contributed by atoms with van der Waals surface area (Å²) in [5, 5.41) is 10.5. The van der Waals surface area contributed by atoms with E-state index in [0.29, 0.717) is 5.41 Å². The predicted octanol–water partition coefficient (Wildman–Crippen LogP) is 1.62. The molecular weight excluding hydrogens is 230 g/mol. The quantitative estimate of drug-likeness (QED) is 0.767. The normalized spacial score (nSPS) is 29.1. The van der Waals surface area contributed by atoms with Crippen LogP contribution in [0.15, 0.2) is 0 Å². The molecule has 0 aromatic heterocycles. The van der Waals surface area contributed by atoms with E-state index >= 15 is 0 Å². The highest BCUT2D eigenvalue weighted by atomic mass is 79.9. The molecule has 1 aliphatic carbocycles. The van der Waals surface area contributed by atoms with Crippen LogP contribution in [-0.4, -0.2) is 41.1 Å². The Morgan fingerprint density at radius 2 is 1.92 bits per heavy atom.